The summed E-state index contributed by atoms with van der Waals surface area (Å²) in [6.45, 7) is 0. The Morgan fingerprint density at radius 2 is 2.00 bits per heavy atom. The van der Waals surface area contributed by atoms with Crippen LogP contribution in [0.3, 0.4) is 0 Å². The van der Waals surface area contributed by atoms with Crippen LogP contribution in [-0.2, 0) is 0 Å². The lowest BCUT2D eigenvalue weighted by Crippen LogP contribution is -2.44. The fourth-order valence-corrected chi connectivity index (χ4v) is 2.58. The van der Waals surface area contributed by atoms with Crippen LogP contribution in [0.5, 0.6) is 5.75 Å². The van der Waals surface area contributed by atoms with Crippen LogP contribution in [0.1, 0.15) is 28.4 Å². The van der Waals surface area contributed by atoms with Gasteiger partial charge in [0.15, 0.2) is 0 Å². The normalized spacial score (nSPS) is 20.3. The predicted molar refractivity (Wildman–Crippen MR) is 84.3 cm³/mol. The van der Waals surface area contributed by atoms with E-state index in [0.717, 1.165) is 5.56 Å². The smallest absolute Gasteiger partial charge is 0.252 e. The van der Waals surface area contributed by atoms with Crippen LogP contribution in [-0.4, -0.2) is 19.2 Å². The Bertz CT molecular complexity index is 690. The van der Waals surface area contributed by atoms with Crippen molar-refractivity contribution in [1.82, 2.24) is 16.2 Å². The van der Waals surface area contributed by atoms with E-state index >= 15 is 0 Å². The highest BCUT2D eigenvalue weighted by Gasteiger charge is 2.26. The number of carbonyl (C=O) groups excluding carboxylic acids is 1. The third-order valence-corrected chi connectivity index (χ3v) is 3.81. The van der Waals surface area contributed by atoms with Crippen molar-refractivity contribution in [3.63, 3.8) is 0 Å². The summed E-state index contributed by atoms with van der Waals surface area (Å²) in [7, 11) is 1.58. The molecule has 1 aliphatic heterocycles. The van der Waals surface area contributed by atoms with Crippen LogP contribution in [0.2, 0.25) is 0 Å². The molecule has 0 saturated carbocycles. The predicted octanol–water partition coefficient (Wildman–Crippen LogP) is 2.13. The second-order valence-corrected chi connectivity index (χ2v) is 5.39. The second-order valence-electron chi connectivity index (χ2n) is 5.39. The highest BCUT2D eigenvalue weighted by atomic mass is 19.1. The lowest BCUT2D eigenvalue weighted by Gasteiger charge is -2.12. The molecular formula is C17H18FN3O2. The largest absolute Gasteiger partial charge is 0.497 e. The highest BCUT2D eigenvalue weighted by molar-refractivity contribution is 5.94. The number of halogens is 1. The molecule has 0 aromatic heterocycles. The van der Waals surface area contributed by atoms with Gasteiger partial charge in [-0.1, -0.05) is 12.1 Å². The first-order valence-corrected chi connectivity index (χ1v) is 7.37. The summed E-state index contributed by atoms with van der Waals surface area (Å²) in [5.74, 6) is 0.259. The number of rotatable bonds is 4. The van der Waals surface area contributed by atoms with E-state index in [1.54, 1.807) is 37.4 Å². The molecule has 0 aliphatic carbocycles. The minimum Gasteiger partial charge on any atom is -0.497 e. The number of methoxy groups -OCH3 is 1. The van der Waals surface area contributed by atoms with E-state index < -0.39 is 0 Å². The van der Waals surface area contributed by atoms with E-state index in [1.165, 1.54) is 12.1 Å². The Hall–Kier alpha value is -2.44. The first-order chi connectivity index (χ1) is 11.2. The van der Waals surface area contributed by atoms with Crippen LogP contribution in [0.15, 0.2) is 48.5 Å². The fourth-order valence-electron chi connectivity index (χ4n) is 2.58. The van der Waals surface area contributed by atoms with Gasteiger partial charge >= 0.3 is 0 Å². The van der Waals surface area contributed by atoms with Gasteiger partial charge in [0.1, 0.15) is 11.6 Å². The van der Waals surface area contributed by atoms with E-state index in [2.05, 4.69) is 16.2 Å². The van der Waals surface area contributed by atoms with Gasteiger partial charge in [-0.05, 0) is 42.0 Å². The van der Waals surface area contributed by atoms with Crippen molar-refractivity contribution in [3.8, 4) is 5.75 Å². The minimum atomic E-state index is -0.269. The molecule has 2 unspecified atom stereocenters. The van der Waals surface area contributed by atoms with Crippen LogP contribution in [0, 0.1) is 5.82 Å². The van der Waals surface area contributed by atoms with E-state index in [4.69, 9.17) is 4.74 Å². The summed E-state index contributed by atoms with van der Waals surface area (Å²) < 4.78 is 18.4. The van der Waals surface area contributed by atoms with E-state index in [0.29, 0.717) is 17.7 Å². The number of hydrogen-bond donors (Lipinski definition) is 3. The standard InChI is InChI=1S/C17H18FN3O2/c1-23-14-7-5-11(6-8-14)17(22)19-16-10-15(20-21-16)12-3-2-4-13(18)9-12/h2-9,15-16,20-21H,10H2,1H3,(H,19,22). The van der Waals surface area contributed by atoms with Gasteiger partial charge in [0, 0.05) is 18.0 Å². The fraction of sp³-hybridized carbons (Fsp3) is 0.235. The molecule has 1 saturated heterocycles. The molecule has 23 heavy (non-hydrogen) atoms. The Labute approximate surface area is 133 Å². The second kappa shape index (κ2) is 6.76. The van der Waals surface area contributed by atoms with Gasteiger partial charge in [-0.2, -0.15) is 0 Å². The molecule has 1 fully saturated rings. The zero-order chi connectivity index (χ0) is 16.2. The number of hydrogen-bond acceptors (Lipinski definition) is 4. The lowest BCUT2D eigenvalue weighted by atomic mass is 10.0. The van der Waals surface area contributed by atoms with Crippen molar-refractivity contribution in [2.24, 2.45) is 0 Å². The van der Waals surface area contributed by atoms with Crippen LogP contribution in [0.4, 0.5) is 4.39 Å². The van der Waals surface area contributed by atoms with Crippen LogP contribution < -0.4 is 20.9 Å². The maximum Gasteiger partial charge on any atom is 0.252 e. The van der Waals surface area contributed by atoms with E-state index in [-0.39, 0.29) is 23.9 Å². The molecule has 1 aliphatic rings. The summed E-state index contributed by atoms with van der Waals surface area (Å²) >= 11 is 0. The number of benzene rings is 2. The third kappa shape index (κ3) is 3.67. The maximum absolute atomic E-state index is 13.3. The molecule has 3 rings (SSSR count). The van der Waals surface area contributed by atoms with Crippen molar-refractivity contribution in [3.05, 3.63) is 65.5 Å². The molecule has 5 nitrogen and oxygen atoms in total. The Balaban J connectivity index is 1.59. The molecule has 2 aromatic carbocycles. The molecule has 2 atom stereocenters. The van der Waals surface area contributed by atoms with Crippen molar-refractivity contribution in [2.45, 2.75) is 18.6 Å². The SMILES string of the molecule is COc1ccc(C(=O)NC2CC(c3cccc(F)c3)NN2)cc1. The molecule has 6 heteroatoms. The van der Waals surface area contributed by atoms with Gasteiger partial charge in [-0.15, -0.1) is 0 Å². The maximum atomic E-state index is 13.3. The number of hydrazine groups is 1. The number of ether oxygens (including phenoxy) is 1. The van der Waals surface area contributed by atoms with Gasteiger partial charge in [-0.3, -0.25) is 4.79 Å². The minimum absolute atomic E-state index is 0.0492. The van der Waals surface area contributed by atoms with Crippen LogP contribution in [0.25, 0.3) is 0 Å². The zero-order valence-corrected chi connectivity index (χ0v) is 12.7. The topological polar surface area (TPSA) is 62.4 Å². The summed E-state index contributed by atoms with van der Waals surface area (Å²) in [4.78, 5) is 12.2. The first kappa shape index (κ1) is 15.5. The number of nitrogens with one attached hydrogen (secondary N) is 3. The third-order valence-electron chi connectivity index (χ3n) is 3.81. The van der Waals surface area contributed by atoms with E-state index in [1.807, 2.05) is 6.07 Å². The molecule has 0 radical (unpaired) electrons. The summed E-state index contributed by atoms with van der Waals surface area (Å²) in [6, 6.07) is 13.3. The molecule has 1 heterocycles. The van der Waals surface area contributed by atoms with E-state index in [9.17, 15) is 9.18 Å². The number of carbonyl (C=O) groups is 1. The molecule has 0 bridgehead atoms. The van der Waals surface area contributed by atoms with Gasteiger partial charge in [0.05, 0.1) is 13.3 Å². The summed E-state index contributed by atoms with van der Waals surface area (Å²) in [5, 5.41) is 2.90. The van der Waals surface area contributed by atoms with Gasteiger partial charge in [0.2, 0.25) is 0 Å². The van der Waals surface area contributed by atoms with Crippen molar-refractivity contribution in [2.75, 3.05) is 7.11 Å². The zero-order valence-electron chi connectivity index (χ0n) is 12.7. The molecule has 2 aromatic rings. The Morgan fingerprint density at radius 1 is 1.22 bits per heavy atom. The molecule has 120 valence electrons. The van der Waals surface area contributed by atoms with Gasteiger partial charge in [0.25, 0.3) is 5.91 Å². The molecule has 1 amide bonds. The average Bonchev–Trinajstić information content (AvgIpc) is 3.03. The number of amides is 1. The van der Waals surface area contributed by atoms with Crippen LogP contribution >= 0.6 is 0 Å². The monoisotopic (exact) mass is 315 g/mol. The van der Waals surface area contributed by atoms with Gasteiger partial charge < -0.3 is 10.1 Å². The molecular weight excluding hydrogens is 297 g/mol. The summed E-state index contributed by atoms with van der Waals surface area (Å²) in [6.07, 6.45) is 0.406. The first-order valence-electron chi connectivity index (χ1n) is 7.37. The molecule has 3 N–H and O–H groups in total. The molecule has 0 spiro atoms. The Morgan fingerprint density at radius 3 is 2.70 bits per heavy atom. The average molecular weight is 315 g/mol. The van der Waals surface area contributed by atoms with Crippen molar-refractivity contribution >= 4 is 5.91 Å². The van der Waals surface area contributed by atoms with Gasteiger partial charge in [-0.25, -0.2) is 15.2 Å². The highest BCUT2D eigenvalue weighted by Crippen LogP contribution is 2.22. The van der Waals surface area contributed by atoms with Crippen molar-refractivity contribution < 1.29 is 13.9 Å². The lowest BCUT2D eigenvalue weighted by molar-refractivity contribution is 0.0932. The quantitative estimate of drug-likeness (QED) is 0.809. The summed E-state index contributed by atoms with van der Waals surface area (Å²) in [5.41, 5.74) is 7.50. The van der Waals surface area contributed by atoms with Crippen molar-refractivity contribution in [1.29, 1.82) is 0 Å². The Kier molecular flexibility index (Phi) is 4.55.